The Hall–Kier alpha value is -1.49. The van der Waals surface area contributed by atoms with Crippen LogP contribution in [-0.2, 0) is 0 Å². The smallest absolute Gasteiger partial charge is 0.128 e. The fraction of sp³-hybridized carbons (Fsp3) is 0.100. The van der Waals surface area contributed by atoms with Crippen molar-refractivity contribution in [2.24, 2.45) is 0 Å². The summed E-state index contributed by atoms with van der Waals surface area (Å²) >= 11 is 3.47. The number of nitrogens with zero attached hydrogens (tertiary/aromatic N) is 1. The molecule has 0 aliphatic heterocycles. The van der Waals surface area contributed by atoms with Crippen LogP contribution in [0.5, 0.6) is 5.75 Å². The zero-order chi connectivity index (χ0) is 10.8. The fourth-order valence-electron chi connectivity index (χ4n) is 1.43. The van der Waals surface area contributed by atoms with Crippen LogP contribution in [0, 0.1) is 0 Å². The molecule has 0 saturated heterocycles. The number of nitrogen functional groups attached to an aromatic ring is 1. The topological polar surface area (TPSA) is 63.9 Å². The van der Waals surface area contributed by atoms with Crippen molar-refractivity contribution in [2.45, 2.75) is 0 Å². The average Bonchev–Trinajstić information content (AvgIpc) is 2.64. The van der Waals surface area contributed by atoms with Crippen molar-refractivity contribution >= 4 is 21.7 Å². The molecule has 0 radical (unpaired) electrons. The van der Waals surface area contributed by atoms with Gasteiger partial charge in [0, 0.05) is 15.6 Å². The van der Waals surface area contributed by atoms with E-state index in [0.29, 0.717) is 5.82 Å². The Morgan fingerprint density at radius 1 is 1.47 bits per heavy atom. The number of aromatic nitrogens is 2. The van der Waals surface area contributed by atoms with Gasteiger partial charge in [0.1, 0.15) is 11.6 Å². The summed E-state index contributed by atoms with van der Waals surface area (Å²) in [4.78, 5) is 0. The molecule has 0 bridgehead atoms. The van der Waals surface area contributed by atoms with Crippen molar-refractivity contribution in [1.82, 2.24) is 10.2 Å². The zero-order valence-electron chi connectivity index (χ0n) is 8.12. The quantitative estimate of drug-likeness (QED) is 0.879. The van der Waals surface area contributed by atoms with Gasteiger partial charge in [-0.3, -0.25) is 5.10 Å². The Kier molecular flexibility index (Phi) is 2.64. The van der Waals surface area contributed by atoms with E-state index < -0.39 is 0 Å². The van der Waals surface area contributed by atoms with E-state index in [1.54, 1.807) is 13.3 Å². The van der Waals surface area contributed by atoms with E-state index >= 15 is 0 Å². The maximum absolute atomic E-state index is 5.77. The van der Waals surface area contributed by atoms with Gasteiger partial charge in [-0.25, -0.2) is 0 Å². The van der Waals surface area contributed by atoms with Gasteiger partial charge >= 0.3 is 0 Å². The van der Waals surface area contributed by atoms with Gasteiger partial charge in [-0.1, -0.05) is 22.0 Å². The lowest BCUT2D eigenvalue weighted by Crippen LogP contribution is -1.92. The van der Waals surface area contributed by atoms with Gasteiger partial charge in [0.05, 0.1) is 13.3 Å². The number of hydrogen-bond donors (Lipinski definition) is 2. The second-order valence-electron chi connectivity index (χ2n) is 3.01. The van der Waals surface area contributed by atoms with Crippen LogP contribution < -0.4 is 10.5 Å². The fourth-order valence-corrected chi connectivity index (χ4v) is 1.99. The summed E-state index contributed by atoms with van der Waals surface area (Å²) in [5.41, 5.74) is 7.51. The number of ether oxygens (including phenoxy) is 1. The monoisotopic (exact) mass is 267 g/mol. The molecular weight excluding hydrogens is 258 g/mol. The van der Waals surface area contributed by atoms with Crippen LogP contribution in [0.2, 0.25) is 0 Å². The molecule has 0 unspecified atom stereocenters. The zero-order valence-corrected chi connectivity index (χ0v) is 9.71. The molecular formula is C10H10BrN3O. The molecule has 4 nitrogen and oxygen atoms in total. The number of nitrogens with two attached hydrogens (primary N) is 1. The van der Waals surface area contributed by atoms with Gasteiger partial charge in [-0.05, 0) is 12.1 Å². The molecule has 0 aliphatic carbocycles. The van der Waals surface area contributed by atoms with E-state index in [-0.39, 0.29) is 0 Å². The number of methoxy groups -OCH3 is 1. The number of aromatic amines is 1. The summed E-state index contributed by atoms with van der Waals surface area (Å²) in [6.07, 6.45) is 1.68. The van der Waals surface area contributed by atoms with E-state index in [1.165, 1.54) is 0 Å². The summed E-state index contributed by atoms with van der Waals surface area (Å²) < 4.78 is 6.20. The number of H-pyrrole nitrogens is 1. The molecule has 2 aromatic rings. The summed E-state index contributed by atoms with van der Waals surface area (Å²) in [7, 11) is 1.63. The molecule has 1 aromatic heterocycles. The molecule has 15 heavy (non-hydrogen) atoms. The minimum absolute atomic E-state index is 0.528. The first-order valence-electron chi connectivity index (χ1n) is 4.35. The number of halogens is 1. The minimum Gasteiger partial charge on any atom is -0.496 e. The maximum atomic E-state index is 5.77. The number of anilines is 1. The average molecular weight is 268 g/mol. The largest absolute Gasteiger partial charge is 0.496 e. The highest BCUT2D eigenvalue weighted by Gasteiger charge is 2.13. The molecule has 2 rings (SSSR count). The Morgan fingerprint density at radius 3 is 2.87 bits per heavy atom. The van der Waals surface area contributed by atoms with Crippen LogP contribution in [-0.4, -0.2) is 17.3 Å². The summed E-state index contributed by atoms with van der Waals surface area (Å²) in [5, 5.41) is 6.59. The standard InChI is InChI=1S/C10H10BrN3O/c1-15-8-4-2-3-7(11)9(8)6-5-13-14-10(6)12/h2-5H,1H3,(H3,12,13,14). The highest BCUT2D eigenvalue weighted by atomic mass is 79.9. The SMILES string of the molecule is COc1cccc(Br)c1-c1cn[nH]c1N. The van der Waals surface area contributed by atoms with Gasteiger partial charge < -0.3 is 10.5 Å². The third-order valence-electron chi connectivity index (χ3n) is 2.13. The maximum Gasteiger partial charge on any atom is 0.128 e. The second-order valence-corrected chi connectivity index (χ2v) is 3.87. The summed E-state index contributed by atoms with van der Waals surface area (Å²) in [6, 6.07) is 5.72. The van der Waals surface area contributed by atoms with Crippen LogP contribution >= 0.6 is 15.9 Å². The van der Waals surface area contributed by atoms with E-state index in [0.717, 1.165) is 21.3 Å². The van der Waals surface area contributed by atoms with Gasteiger partial charge in [0.15, 0.2) is 0 Å². The van der Waals surface area contributed by atoms with Crippen molar-refractivity contribution < 1.29 is 4.74 Å². The number of nitrogens with one attached hydrogen (secondary N) is 1. The van der Waals surface area contributed by atoms with Crippen molar-refractivity contribution in [2.75, 3.05) is 12.8 Å². The van der Waals surface area contributed by atoms with Crippen molar-refractivity contribution in [3.05, 3.63) is 28.9 Å². The Balaban J connectivity index is 2.66. The van der Waals surface area contributed by atoms with Gasteiger partial charge in [0.2, 0.25) is 0 Å². The second kappa shape index (κ2) is 3.94. The Morgan fingerprint density at radius 2 is 2.27 bits per heavy atom. The molecule has 0 spiro atoms. The number of hydrogen-bond acceptors (Lipinski definition) is 3. The van der Waals surface area contributed by atoms with Crippen molar-refractivity contribution in [3.8, 4) is 16.9 Å². The molecule has 0 amide bonds. The molecule has 5 heteroatoms. The first kappa shape index (κ1) is 10.0. The van der Waals surface area contributed by atoms with Crippen LogP contribution in [0.25, 0.3) is 11.1 Å². The highest BCUT2D eigenvalue weighted by molar-refractivity contribution is 9.10. The predicted molar refractivity (Wildman–Crippen MR) is 62.7 cm³/mol. The highest BCUT2D eigenvalue weighted by Crippen LogP contribution is 2.38. The molecule has 0 atom stereocenters. The van der Waals surface area contributed by atoms with Gasteiger partial charge in [-0.15, -0.1) is 0 Å². The van der Waals surface area contributed by atoms with E-state index in [4.69, 9.17) is 10.5 Å². The van der Waals surface area contributed by atoms with Gasteiger partial charge in [0.25, 0.3) is 0 Å². The molecule has 1 heterocycles. The predicted octanol–water partition coefficient (Wildman–Crippen LogP) is 2.43. The molecule has 1 aromatic carbocycles. The minimum atomic E-state index is 0.528. The molecule has 0 saturated carbocycles. The van der Waals surface area contributed by atoms with Crippen LogP contribution in [0.4, 0.5) is 5.82 Å². The van der Waals surface area contributed by atoms with Crippen LogP contribution in [0.1, 0.15) is 0 Å². The number of rotatable bonds is 2. The normalized spacial score (nSPS) is 10.3. The van der Waals surface area contributed by atoms with Crippen molar-refractivity contribution in [3.63, 3.8) is 0 Å². The lowest BCUT2D eigenvalue weighted by atomic mass is 10.1. The van der Waals surface area contributed by atoms with Gasteiger partial charge in [-0.2, -0.15) is 5.10 Å². The summed E-state index contributed by atoms with van der Waals surface area (Å²) in [5.74, 6) is 1.29. The van der Waals surface area contributed by atoms with E-state index in [9.17, 15) is 0 Å². The third-order valence-corrected chi connectivity index (χ3v) is 2.79. The van der Waals surface area contributed by atoms with E-state index in [1.807, 2.05) is 18.2 Å². The van der Waals surface area contributed by atoms with Crippen molar-refractivity contribution in [1.29, 1.82) is 0 Å². The first-order chi connectivity index (χ1) is 7.24. The van der Waals surface area contributed by atoms with Crippen LogP contribution in [0.3, 0.4) is 0 Å². The molecule has 0 fully saturated rings. The number of benzene rings is 1. The summed E-state index contributed by atoms with van der Waals surface area (Å²) in [6.45, 7) is 0. The van der Waals surface area contributed by atoms with Crippen LogP contribution in [0.15, 0.2) is 28.9 Å². The van der Waals surface area contributed by atoms with E-state index in [2.05, 4.69) is 26.1 Å². The lowest BCUT2D eigenvalue weighted by Gasteiger charge is -2.09. The lowest BCUT2D eigenvalue weighted by molar-refractivity contribution is 0.416. The molecule has 0 aliphatic rings. The Bertz CT molecular complexity index is 481. The third kappa shape index (κ3) is 1.70. The first-order valence-corrected chi connectivity index (χ1v) is 5.15. The molecule has 3 N–H and O–H groups in total. The Labute approximate surface area is 95.6 Å². The molecule has 78 valence electrons.